The minimum absolute atomic E-state index is 0.00569. The molecule has 3 aromatic rings. The van der Waals surface area contributed by atoms with Crippen molar-refractivity contribution in [1.29, 1.82) is 0 Å². The first-order valence-electron chi connectivity index (χ1n) is 8.04. The molecule has 0 saturated heterocycles. The zero-order valence-electron chi connectivity index (χ0n) is 14.0. The van der Waals surface area contributed by atoms with E-state index in [0.717, 1.165) is 20.9 Å². The maximum Gasteiger partial charge on any atom is 0.233 e. The summed E-state index contributed by atoms with van der Waals surface area (Å²) < 4.78 is 1.08. The first kappa shape index (κ1) is 18.2. The molecule has 0 bridgehead atoms. The summed E-state index contributed by atoms with van der Waals surface area (Å²) in [7, 11) is 0. The zero-order chi connectivity index (χ0) is 18.0. The second-order valence-corrected chi connectivity index (χ2v) is 8.11. The number of aromatic nitrogens is 1. The predicted octanol–water partition coefficient (Wildman–Crippen LogP) is 5.83. The molecule has 0 fully saturated rings. The lowest BCUT2D eigenvalue weighted by molar-refractivity contribution is -0.118. The van der Waals surface area contributed by atoms with Gasteiger partial charge < -0.3 is 0 Å². The number of thiazole rings is 1. The number of hydrogen-bond acceptors (Lipinski definition) is 3. The molecule has 1 amide bonds. The summed E-state index contributed by atoms with van der Waals surface area (Å²) in [6.45, 7) is 4.81. The van der Waals surface area contributed by atoms with Gasteiger partial charge in [0, 0.05) is 6.54 Å². The lowest BCUT2D eigenvalue weighted by Gasteiger charge is -2.22. The maximum absolute atomic E-state index is 12.9. The minimum atomic E-state index is 0.00569. The summed E-state index contributed by atoms with van der Waals surface area (Å²) in [6.07, 6.45) is 0.263. The van der Waals surface area contributed by atoms with E-state index in [2.05, 4.69) is 18.8 Å². The van der Waals surface area contributed by atoms with Crippen LogP contribution in [0.3, 0.4) is 0 Å². The van der Waals surface area contributed by atoms with Crippen molar-refractivity contribution in [3.8, 4) is 0 Å². The summed E-state index contributed by atoms with van der Waals surface area (Å²) in [5.41, 5.74) is 1.76. The Morgan fingerprint density at radius 1 is 1.16 bits per heavy atom. The van der Waals surface area contributed by atoms with Crippen molar-refractivity contribution < 1.29 is 4.79 Å². The van der Waals surface area contributed by atoms with Gasteiger partial charge in [-0.25, -0.2) is 4.98 Å². The number of hydrogen-bond donors (Lipinski definition) is 0. The topological polar surface area (TPSA) is 33.2 Å². The van der Waals surface area contributed by atoms with E-state index >= 15 is 0 Å². The largest absolute Gasteiger partial charge is 0.288 e. The van der Waals surface area contributed by atoms with Crippen LogP contribution >= 0.6 is 34.5 Å². The van der Waals surface area contributed by atoms with E-state index in [0.29, 0.717) is 22.5 Å². The Kier molecular flexibility index (Phi) is 5.62. The third kappa shape index (κ3) is 4.32. The van der Waals surface area contributed by atoms with E-state index in [-0.39, 0.29) is 12.3 Å². The number of para-hydroxylation sites is 1. The van der Waals surface area contributed by atoms with E-state index in [4.69, 9.17) is 23.2 Å². The van der Waals surface area contributed by atoms with Gasteiger partial charge in [-0.3, -0.25) is 9.69 Å². The molecule has 3 nitrogen and oxygen atoms in total. The minimum Gasteiger partial charge on any atom is -0.288 e. The van der Waals surface area contributed by atoms with Crippen LogP contribution in [-0.2, 0) is 11.2 Å². The van der Waals surface area contributed by atoms with Crippen molar-refractivity contribution in [3.05, 3.63) is 58.1 Å². The van der Waals surface area contributed by atoms with Crippen LogP contribution in [0.4, 0.5) is 5.13 Å². The standard InChI is InChI=1S/C19H18Cl2N2OS/c1-12(2)11-23(19-22-16-5-3-4-6-17(16)25-19)18(24)10-13-7-8-14(20)15(21)9-13/h3-9,12H,10-11H2,1-2H3. The molecule has 0 N–H and O–H groups in total. The van der Waals surface area contributed by atoms with Crippen molar-refractivity contribution >= 4 is 55.8 Å². The molecule has 0 spiro atoms. The Hall–Kier alpha value is -1.62. The number of nitrogens with zero attached hydrogens (tertiary/aromatic N) is 2. The van der Waals surface area contributed by atoms with Crippen molar-refractivity contribution in [2.75, 3.05) is 11.4 Å². The molecule has 130 valence electrons. The van der Waals surface area contributed by atoms with Crippen LogP contribution in [0.15, 0.2) is 42.5 Å². The highest BCUT2D eigenvalue weighted by Gasteiger charge is 2.21. The number of carbonyl (C=O) groups excluding carboxylic acids is 1. The number of fused-ring (bicyclic) bond motifs is 1. The molecule has 0 aliphatic carbocycles. The molecule has 6 heteroatoms. The Labute approximate surface area is 161 Å². The third-order valence-corrected chi connectivity index (χ3v) is 5.50. The summed E-state index contributed by atoms with van der Waals surface area (Å²) in [5.74, 6) is 0.343. The normalized spacial score (nSPS) is 11.2. The number of rotatable bonds is 5. The first-order chi connectivity index (χ1) is 11.9. The fourth-order valence-electron chi connectivity index (χ4n) is 2.55. The Morgan fingerprint density at radius 3 is 2.60 bits per heavy atom. The number of carbonyl (C=O) groups is 1. The Bertz CT molecular complexity index is 874. The van der Waals surface area contributed by atoms with Crippen molar-refractivity contribution in [2.45, 2.75) is 20.3 Å². The highest BCUT2D eigenvalue weighted by atomic mass is 35.5. The van der Waals surface area contributed by atoms with E-state index in [9.17, 15) is 4.79 Å². The van der Waals surface area contributed by atoms with Gasteiger partial charge in [0.2, 0.25) is 5.91 Å². The molecule has 1 aromatic heterocycles. The van der Waals surface area contributed by atoms with Gasteiger partial charge in [0.25, 0.3) is 0 Å². The number of halogens is 2. The molecule has 3 rings (SSSR count). The second-order valence-electron chi connectivity index (χ2n) is 6.29. The summed E-state index contributed by atoms with van der Waals surface area (Å²) in [4.78, 5) is 19.4. The first-order valence-corrected chi connectivity index (χ1v) is 9.61. The van der Waals surface area contributed by atoms with Gasteiger partial charge in [0.1, 0.15) is 0 Å². The van der Waals surface area contributed by atoms with Gasteiger partial charge in [0.05, 0.1) is 26.7 Å². The lowest BCUT2D eigenvalue weighted by Crippen LogP contribution is -2.35. The van der Waals surface area contributed by atoms with Gasteiger partial charge in [-0.15, -0.1) is 0 Å². The zero-order valence-corrected chi connectivity index (χ0v) is 16.3. The van der Waals surface area contributed by atoms with Gasteiger partial charge in [-0.2, -0.15) is 0 Å². The average molecular weight is 393 g/mol. The molecule has 1 heterocycles. The van der Waals surface area contributed by atoms with Crippen molar-refractivity contribution in [2.24, 2.45) is 5.92 Å². The van der Waals surface area contributed by atoms with Crippen LogP contribution in [0, 0.1) is 5.92 Å². The van der Waals surface area contributed by atoms with Crippen LogP contribution in [0.25, 0.3) is 10.2 Å². The van der Waals surface area contributed by atoms with Gasteiger partial charge in [-0.1, -0.05) is 66.6 Å². The molecule has 25 heavy (non-hydrogen) atoms. The molecular formula is C19H18Cl2N2OS. The predicted molar refractivity (Wildman–Crippen MR) is 107 cm³/mol. The van der Waals surface area contributed by atoms with Crippen LogP contribution < -0.4 is 4.90 Å². The molecule has 2 aromatic carbocycles. The third-order valence-electron chi connectivity index (χ3n) is 3.70. The Morgan fingerprint density at radius 2 is 1.92 bits per heavy atom. The van der Waals surface area contributed by atoms with Crippen LogP contribution in [0.5, 0.6) is 0 Å². The van der Waals surface area contributed by atoms with Gasteiger partial charge >= 0.3 is 0 Å². The van der Waals surface area contributed by atoms with Crippen LogP contribution in [0.1, 0.15) is 19.4 Å². The Balaban J connectivity index is 1.88. The molecule has 0 aliphatic heterocycles. The van der Waals surface area contributed by atoms with E-state index in [1.165, 1.54) is 11.3 Å². The highest BCUT2D eigenvalue weighted by Crippen LogP contribution is 2.30. The lowest BCUT2D eigenvalue weighted by atomic mass is 10.1. The summed E-state index contributed by atoms with van der Waals surface area (Å²) in [6, 6.07) is 13.2. The van der Waals surface area contributed by atoms with E-state index < -0.39 is 0 Å². The van der Waals surface area contributed by atoms with Crippen LogP contribution in [-0.4, -0.2) is 17.4 Å². The quantitative estimate of drug-likeness (QED) is 0.546. The second kappa shape index (κ2) is 7.73. The number of benzene rings is 2. The molecule has 0 atom stereocenters. The monoisotopic (exact) mass is 392 g/mol. The molecular weight excluding hydrogens is 375 g/mol. The molecule has 0 unspecified atom stereocenters. The fourth-order valence-corrected chi connectivity index (χ4v) is 3.86. The molecule has 0 saturated carbocycles. The molecule has 0 radical (unpaired) electrons. The van der Waals surface area contributed by atoms with E-state index in [1.807, 2.05) is 30.3 Å². The maximum atomic E-state index is 12.9. The van der Waals surface area contributed by atoms with E-state index in [1.54, 1.807) is 17.0 Å². The van der Waals surface area contributed by atoms with Gasteiger partial charge in [0.15, 0.2) is 5.13 Å². The van der Waals surface area contributed by atoms with Crippen molar-refractivity contribution in [1.82, 2.24) is 4.98 Å². The van der Waals surface area contributed by atoms with Crippen molar-refractivity contribution in [3.63, 3.8) is 0 Å². The summed E-state index contributed by atoms with van der Waals surface area (Å²) >= 11 is 13.6. The van der Waals surface area contributed by atoms with Gasteiger partial charge in [-0.05, 0) is 35.7 Å². The fraction of sp³-hybridized carbons (Fsp3) is 0.263. The SMILES string of the molecule is CC(C)CN(C(=O)Cc1ccc(Cl)c(Cl)c1)c1nc2ccccc2s1. The smallest absolute Gasteiger partial charge is 0.233 e. The number of anilines is 1. The molecule has 0 aliphatic rings. The summed E-state index contributed by atoms with van der Waals surface area (Å²) in [5, 5.41) is 1.69. The highest BCUT2D eigenvalue weighted by molar-refractivity contribution is 7.22. The van der Waals surface area contributed by atoms with Crippen LogP contribution in [0.2, 0.25) is 10.0 Å². The average Bonchev–Trinajstić information content (AvgIpc) is 2.99. The number of amides is 1.